The van der Waals surface area contributed by atoms with E-state index in [0.29, 0.717) is 27.7 Å². The van der Waals surface area contributed by atoms with Gasteiger partial charge in [-0.1, -0.05) is 53.5 Å². The molecule has 0 aliphatic rings. The highest BCUT2D eigenvalue weighted by atomic mass is 35.5. The second kappa shape index (κ2) is 7.66. The van der Waals surface area contributed by atoms with Gasteiger partial charge in [-0.05, 0) is 36.0 Å². The number of benzene rings is 2. The molecule has 0 atom stereocenters. The van der Waals surface area contributed by atoms with E-state index in [4.69, 9.17) is 35.4 Å². The smallest absolute Gasteiger partial charge is 0.209 e. The number of imidazole rings is 1. The van der Waals surface area contributed by atoms with E-state index in [1.165, 1.54) is 5.56 Å². The van der Waals surface area contributed by atoms with Gasteiger partial charge in [0.15, 0.2) is 5.11 Å². The van der Waals surface area contributed by atoms with Gasteiger partial charge < -0.3 is 15.2 Å². The molecule has 0 aliphatic heterocycles. The van der Waals surface area contributed by atoms with E-state index in [0.717, 1.165) is 5.69 Å². The Morgan fingerprint density at radius 1 is 1.04 bits per heavy atom. The van der Waals surface area contributed by atoms with E-state index in [9.17, 15) is 0 Å². The van der Waals surface area contributed by atoms with Gasteiger partial charge in [0, 0.05) is 18.1 Å². The quantitative estimate of drug-likeness (QED) is 0.625. The van der Waals surface area contributed by atoms with Crippen LogP contribution in [0.2, 0.25) is 10.0 Å². The van der Waals surface area contributed by atoms with Crippen LogP contribution in [0.15, 0.2) is 60.9 Å². The molecule has 0 aliphatic carbocycles. The molecule has 24 heavy (non-hydrogen) atoms. The Bertz CT molecular complexity index is 849. The van der Waals surface area contributed by atoms with E-state index in [-0.39, 0.29) is 0 Å². The van der Waals surface area contributed by atoms with E-state index < -0.39 is 0 Å². The summed E-state index contributed by atoms with van der Waals surface area (Å²) >= 11 is 17.2. The van der Waals surface area contributed by atoms with Crippen molar-refractivity contribution in [3.8, 4) is 0 Å². The molecule has 7 heteroatoms. The lowest BCUT2D eigenvalue weighted by atomic mass is 10.2. The van der Waals surface area contributed by atoms with Crippen LogP contribution in [0.25, 0.3) is 0 Å². The van der Waals surface area contributed by atoms with Gasteiger partial charge in [0.05, 0.1) is 16.6 Å². The molecule has 0 radical (unpaired) electrons. The van der Waals surface area contributed by atoms with Crippen LogP contribution in [0, 0.1) is 0 Å². The number of thiocarbonyl (C=S) groups is 1. The third-order valence-corrected chi connectivity index (χ3v) is 4.26. The topological polar surface area (TPSA) is 41.9 Å². The summed E-state index contributed by atoms with van der Waals surface area (Å²) in [6, 6.07) is 15.4. The first-order chi connectivity index (χ1) is 11.6. The summed E-state index contributed by atoms with van der Waals surface area (Å²) in [6.07, 6.45) is 3.63. The summed E-state index contributed by atoms with van der Waals surface area (Å²) in [6.45, 7) is 0.707. The first-order valence-electron chi connectivity index (χ1n) is 7.20. The van der Waals surface area contributed by atoms with E-state index >= 15 is 0 Å². The molecule has 0 amide bonds. The van der Waals surface area contributed by atoms with Crippen LogP contribution in [0.3, 0.4) is 0 Å². The Hall–Kier alpha value is -2.08. The van der Waals surface area contributed by atoms with E-state index in [1.807, 2.05) is 29.0 Å². The minimum Gasteiger partial charge on any atom is -0.332 e. The molecule has 1 heterocycles. The summed E-state index contributed by atoms with van der Waals surface area (Å²) in [5.41, 5.74) is 1.94. The molecule has 2 N–H and O–H groups in total. The molecule has 4 nitrogen and oxygen atoms in total. The van der Waals surface area contributed by atoms with E-state index in [2.05, 4.69) is 27.8 Å². The third kappa shape index (κ3) is 4.26. The number of aromatic nitrogens is 2. The van der Waals surface area contributed by atoms with Gasteiger partial charge in [0.1, 0.15) is 0 Å². The van der Waals surface area contributed by atoms with E-state index in [1.54, 1.807) is 24.4 Å². The van der Waals surface area contributed by atoms with Crippen LogP contribution in [0.4, 0.5) is 11.6 Å². The lowest BCUT2D eigenvalue weighted by molar-refractivity contribution is 0.809. The highest BCUT2D eigenvalue weighted by Crippen LogP contribution is 2.25. The van der Waals surface area contributed by atoms with Gasteiger partial charge in [0.25, 0.3) is 0 Å². The Kier molecular flexibility index (Phi) is 5.35. The van der Waals surface area contributed by atoms with Gasteiger partial charge in [-0.2, -0.15) is 0 Å². The highest BCUT2D eigenvalue weighted by Gasteiger charge is 2.07. The number of nitrogens with zero attached hydrogens (tertiary/aromatic N) is 2. The van der Waals surface area contributed by atoms with Crippen LogP contribution >= 0.6 is 35.4 Å². The average molecular weight is 377 g/mol. The Morgan fingerprint density at radius 3 is 2.58 bits per heavy atom. The summed E-state index contributed by atoms with van der Waals surface area (Å²) in [7, 11) is 0. The molecule has 0 fully saturated rings. The first kappa shape index (κ1) is 16.8. The third-order valence-electron chi connectivity index (χ3n) is 3.31. The molecule has 0 unspecified atom stereocenters. The van der Waals surface area contributed by atoms with Crippen LogP contribution in [0.5, 0.6) is 0 Å². The maximum absolute atomic E-state index is 6.00. The molecule has 122 valence electrons. The maximum Gasteiger partial charge on any atom is 0.209 e. The molecule has 0 spiro atoms. The standard InChI is InChI=1S/C17H14Cl2N4S/c18-14-7-6-13(10-15(14)19)21-17(24)22-16-20-8-9-23(16)11-12-4-2-1-3-5-12/h1-10H,11H2,(H2,20,21,22,24). The summed E-state index contributed by atoms with van der Waals surface area (Å²) in [5.74, 6) is 0.663. The molecular formula is C17H14Cl2N4S. The zero-order valence-corrected chi connectivity index (χ0v) is 14.9. The SMILES string of the molecule is S=C(Nc1ccc(Cl)c(Cl)c1)Nc1nccn1Cc1ccccc1. The Labute approximate surface area is 155 Å². The van der Waals surface area contributed by atoms with Gasteiger partial charge in [-0.15, -0.1) is 0 Å². The zero-order valence-electron chi connectivity index (χ0n) is 12.5. The van der Waals surface area contributed by atoms with Gasteiger partial charge in [-0.25, -0.2) is 4.98 Å². The minimum atomic E-state index is 0.425. The number of hydrogen-bond acceptors (Lipinski definition) is 2. The molecule has 3 aromatic rings. The number of nitrogens with one attached hydrogen (secondary N) is 2. The van der Waals surface area contributed by atoms with Crippen LogP contribution in [0.1, 0.15) is 5.56 Å². The molecule has 1 aromatic heterocycles. The number of anilines is 2. The van der Waals surface area contributed by atoms with Crippen molar-refractivity contribution in [2.24, 2.45) is 0 Å². The molecular weight excluding hydrogens is 363 g/mol. The lowest BCUT2D eigenvalue weighted by Gasteiger charge is -2.12. The minimum absolute atomic E-state index is 0.425. The summed E-state index contributed by atoms with van der Waals surface area (Å²) in [4.78, 5) is 4.30. The normalized spacial score (nSPS) is 10.4. The highest BCUT2D eigenvalue weighted by molar-refractivity contribution is 7.80. The second-order valence-electron chi connectivity index (χ2n) is 5.07. The lowest BCUT2D eigenvalue weighted by Crippen LogP contribution is -2.21. The number of halogens is 2. The van der Waals surface area contributed by atoms with Crippen molar-refractivity contribution in [3.05, 3.63) is 76.5 Å². The zero-order chi connectivity index (χ0) is 16.9. The molecule has 3 rings (SSSR count). The largest absolute Gasteiger partial charge is 0.332 e. The fourth-order valence-electron chi connectivity index (χ4n) is 2.18. The number of hydrogen-bond donors (Lipinski definition) is 2. The molecule has 0 saturated carbocycles. The Balaban J connectivity index is 1.66. The van der Waals surface area contributed by atoms with Crippen molar-refractivity contribution in [1.82, 2.24) is 9.55 Å². The first-order valence-corrected chi connectivity index (χ1v) is 8.36. The predicted octanol–water partition coefficient (Wildman–Crippen LogP) is 5.05. The fraction of sp³-hybridized carbons (Fsp3) is 0.0588. The van der Waals surface area contributed by atoms with Gasteiger partial charge >= 0.3 is 0 Å². The fourth-order valence-corrected chi connectivity index (χ4v) is 2.69. The average Bonchev–Trinajstić information content (AvgIpc) is 2.99. The second-order valence-corrected chi connectivity index (χ2v) is 6.30. The van der Waals surface area contributed by atoms with Gasteiger partial charge in [0.2, 0.25) is 5.95 Å². The molecule has 0 saturated heterocycles. The summed E-state index contributed by atoms with van der Waals surface area (Å²) < 4.78 is 1.98. The molecule has 0 bridgehead atoms. The van der Waals surface area contributed by atoms with Crippen LogP contribution in [-0.4, -0.2) is 14.7 Å². The van der Waals surface area contributed by atoms with Crippen LogP contribution in [-0.2, 0) is 6.54 Å². The van der Waals surface area contributed by atoms with Crippen molar-refractivity contribution in [3.63, 3.8) is 0 Å². The molecule has 2 aromatic carbocycles. The van der Waals surface area contributed by atoms with Crippen LogP contribution < -0.4 is 10.6 Å². The maximum atomic E-state index is 6.00. The van der Waals surface area contributed by atoms with Crippen molar-refractivity contribution in [1.29, 1.82) is 0 Å². The summed E-state index contributed by atoms with van der Waals surface area (Å²) in [5, 5.41) is 7.54. The Morgan fingerprint density at radius 2 is 1.83 bits per heavy atom. The van der Waals surface area contributed by atoms with Crippen molar-refractivity contribution in [2.75, 3.05) is 10.6 Å². The van der Waals surface area contributed by atoms with Gasteiger partial charge in [-0.3, -0.25) is 0 Å². The van der Waals surface area contributed by atoms with Crippen molar-refractivity contribution in [2.45, 2.75) is 6.54 Å². The predicted molar refractivity (Wildman–Crippen MR) is 104 cm³/mol. The van der Waals surface area contributed by atoms with Crippen molar-refractivity contribution < 1.29 is 0 Å². The van der Waals surface area contributed by atoms with Crippen molar-refractivity contribution >= 4 is 52.2 Å². The number of rotatable bonds is 4. The monoisotopic (exact) mass is 376 g/mol.